The summed E-state index contributed by atoms with van der Waals surface area (Å²) in [7, 11) is 0. The average Bonchev–Trinajstić information content (AvgIpc) is 3.64. The van der Waals surface area contributed by atoms with Gasteiger partial charge in [0.05, 0.1) is 0 Å². The van der Waals surface area contributed by atoms with E-state index in [2.05, 4.69) is 10.1 Å². The number of benzene rings is 1. The number of aromatic nitrogens is 3. The average molecular weight is 481 g/mol. The van der Waals surface area contributed by atoms with Gasteiger partial charge in [-0.25, -0.2) is 0 Å². The van der Waals surface area contributed by atoms with E-state index >= 15 is 0 Å². The normalized spacial score (nSPS) is 17.2. The zero-order valence-electron chi connectivity index (χ0n) is 20.2. The minimum atomic E-state index is -0.0646. The first-order chi connectivity index (χ1) is 17.7. The molecule has 7 nitrogen and oxygen atoms in total. The predicted octanol–water partition coefficient (Wildman–Crippen LogP) is 4.54. The van der Waals surface area contributed by atoms with Crippen LogP contribution in [-0.4, -0.2) is 32.1 Å². The van der Waals surface area contributed by atoms with Gasteiger partial charge in [-0.2, -0.15) is 0 Å². The predicted molar refractivity (Wildman–Crippen MR) is 136 cm³/mol. The smallest absolute Gasteiger partial charge is 0.276 e. The maximum absolute atomic E-state index is 13.9. The zero-order chi connectivity index (χ0) is 24.2. The lowest BCUT2D eigenvalue weighted by Gasteiger charge is -2.31. The third kappa shape index (κ3) is 3.56. The van der Waals surface area contributed by atoms with Gasteiger partial charge in [0, 0.05) is 67.1 Å². The number of hydrogen-bond donors (Lipinski definition) is 0. The monoisotopic (exact) mass is 480 g/mol. The van der Waals surface area contributed by atoms with Crippen LogP contribution in [0.15, 0.2) is 52.0 Å². The highest BCUT2D eigenvalue weighted by atomic mass is 16.5. The maximum Gasteiger partial charge on any atom is 0.276 e. The lowest BCUT2D eigenvalue weighted by Crippen LogP contribution is -2.40. The van der Waals surface area contributed by atoms with Gasteiger partial charge < -0.3 is 14.0 Å². The Balaban J connectivity index is 1.31. The van der Waals surface area contributed by atoms with Crippen molar-refractivity contribution in [3.8, 4) is 11.1 Å². The van der Waals surface area contributed by atoms with E-state index in [1.807, 2.05) is 46.0 Å². The van der Waals surface area contributed by atoms with Crippen molar-refractivity contribution < 1.29 is 9.32 Å². The topological polar surface area (TPSA) is 81.2 Å². The van der Waals surface area contributed by atoms with Crippen LogP contribution in [0.4, 0.5) is 0 Å². The highest BCUT2D eigenvalue weighted by Gasteiger charge is 2.32. The fourth-order valence-electron chi connectivity index (χ4n) is 5.90. The van der Waals surface area contributed by atoms with Gasteiger partial charge in [-0.3, -0.25) is 14.6 Å². The van der Waals surface area contributed by atoms with Gasteiger partial charge in [0.25, 0.3) is 11.5 Å². The number of pyridine rings is 2. The van der Waals surface area contributed by atoms with Crippen LogP contribution in [0.5, 0.6) is 0 Å². The molecule has 0 unspecified atom stereocenters. The van der Waals surface area contributed by atoms with E-state index in [4.69, 9.17) is 4.52 Å². The molecular weight excluding hydrogens is 452 g/mol. The van der Waals surface area contributed by atoms with Crippen LogP contribution in [-0.2, 0) is 32.4 Å². The van der Waals surface area contributed by atoms with Gasteiger partial charge in [0.15, 0.2) is 5.69 Å². The Morgan fingerprint density at radius 2 is 1.97 bits per heavy atom. The summed E-state index contributed by atoms with van der Waals surface area (Å²) in [4.78, 5) is 33.5. The number of aryl methyl sites for hydroxylation is 1. The molecule has 0 radical (unpaired) electrons. The molecule has 1 aromatic carbocycles. The molecule has 1 saturated carbocycles. The Bertz CT molecular complexity index is 1560. The molecule has 0 spiro atoms. The minimum Gasteiger partial charge on any atom is -0.360 e. The molecule has 36 heavy (non-hydrogen) atoms. The highest BCUT2D eigenvalue weighted by molar-refractivity contribution is 5.96. The Morgan fingerprint density at radius 1 is 1.08 bits per heavy atom. The quantitative estimate of drug-likeness (QED) is 0.428. The van der Waals surface area contributed by atoms with Gasteiger partial charge in [-0.15, -0.1) is 0 Å². The third-order valence-electron chi connectivity index (χ3n) is 8.02. The van der Waals surface area contributed by atoms with Gasteiger partial charge in [-0.1, -0.05) is 23.4 Å². The summed E-state index contributed by atoms with van der Waals surface area (Å²) in [6, 6.07) is 10.0. The number of carbonyl (C=O) groups excluding carboxylic acids is 1. The van der Waals surface area contributed by atoms with Crippen LogP contribution in [0.2, 0.25) is 0 Å². The summed E-state index contributed by atoms with van der Waals surface area (Å²) in [5.41, 5.74) is 5.26. The Labute approximate surface area is 208 Å². The number of amides is 1. The standard InChI is InChI=1S/C29H28N4O3/c34-28-24(22-6-3-4-19-15-30-12-10-21(19)22)14-20-17-32(13-11-25(20)33(28)16-18-8-9-18)29(35)27-23-5-1-2-7-26(23)36-31-27/h3-4,6,10,12,14-15,18H,1-2,5,7-9,11,13,16-17H2. The summed E-state index contributed by atoms with van der Waals surface area (Å²) in [5.74, 6) is 1.37. The molecule has 1 fully saturated rings. The Morgan fingerprint density at radius 3 is 2.86 bits per heavy atom. The molecular formula is C29H28N4O3. The molecule has 3 aliphatic rings. The zero-order valence-corrected chi connectivity index (χ0v) is 20.2. The second kappa shape index (κ2) is 8.43. The molecule has 4 aromatic rings. The van der Waals surface area contributed by atoms with Gasteiger partial charge in [-0.05, 0) is 66.7 Å². The summed E-state index contributed by atoms with van der Waals surface area (Å²) >= 11 is 0. The van der Waals surface area contributed by atoms with Crippen LogP contribution >= 0.6 is 0 Å². The molecule has 3 aromatic heterocycles. The van der Waals surface area contributed by atoms with E-state index in [1.165, 1.54) is 12.8 Å². The Kier molecular flexibility index (Phi) is 5.04. The summed E-state index contributed by atoms with van der Waals surface area (Å²) in [6.45, 7) is 1.81. The van der Waals surface area contributed by atoms with E-state index in [0.717, 1.165) is 71.1 Å². The molecule has 0 atom stereocenters. The Hall–Kier alpha value is -3.74. The number of carbonyl (C=O) groups is 1. The van der Waals surface area contributed by atoms with Crippen molar-refractivity contribution in [1.82, 2.24) is 19.6 Å². The van der Waals surface area contributed by atoms with Crippen LogP contribution in [0.25, 0.3) is 21.9 Å². The summed E-state index contributed by atoms with van der Waals surface area (Å²) in [6.07, 6.45) is 10.5. The first-order valence-corrected chi connectivity index (χ1v) is 13.0. The molecule has 0 bridgehead atoms. The number of nitrogens with zero attached hydrogens (tertiary/aromatic N) is 4. The fraction of sp³-hybridized carbons (Fsp3) is 0.379. The summed E-state index contributed by atoms with van der Waals surface area (Å²) < 4.78 is 7.53. The van der Waals surface area contributed by atoms with E-state index < -0.39 is 0 Å². The van der Waals surface area contributed by atoms with Crippen LogP contribution in [0.1, 0.15) is 58.8 Å². The van der Waals surface area contributed by atoms with Gasteiger partial charge >= 0.3 is 0 Å². The molecule has 0 saturated heterocycles. The number of rotatable bonds is 4. The van der Waals surface area contributed by atoms with E-state index in [0.29, 0.717) is 36.7 Å². The second-order valence-corrected chi connectivity index (χ2v) is 10.4. The highest BCUT2D eigenvalue weighted by Crippen LogP contribution is 2.34. The van der Waals surface area contributed by atoms with E-state index in [-0.39, 0.29) is 11.5 Å². The van der Waals surface area contributed by atoms with E-state index in [1.54, 1.807) is 6.20 Å². The molecule has 2 aliphatic carbocycles. The number of fused-ring (bicyclic) bond motifs is 3. The third-order valence-corrected chi connectivity index (χ3v) is 8.02. The number of hydrogen-bond acceptors (Lipinski definition) is 5. The molecule has 1 amide bonds. The largest absolute Gasteiger partial charge is 0.360 e. The molecule has 4 heterocycles. The van der Waals surface area contributed by atoms with Crippen molar-refractivity contribution in [1.29, 1.82) is 0 Å². The van der Waals surface area contributed by atoms with Crippen LogP contribution in [0.3, 0.4) is 0 Å². The first-order valence-electron chi connectivity index (χ1n) is 13.0. The summed E-state index contributed by atoms with van der Waals surface area (Å²) in [5, 5.41) is 6.20. The SMILES string of the molecule is O=C(c1noc2c1CCCC2)N1CCc2c(cc(-c3cccc4cnccc34)c(=O)n2CC2CC2)C1. The first kappa shape index (κ1) is 21.5. The molecule has 7 heteroatoms. The molecule has 182 valence electrons. The van der Waals surface area contributed by atoms with Gasteiger partial charge in [0.2, 0.25) is 0 Å². The van der Waals surface area contributed by atoms with Crippen molar-refractivity contribution in [3.05, 3.63) is 81.4 Å². The lowest BCUT2D eigenvalue weighted by atomic mass is 9.94. The second-order valence-electron chi connectivity index (χ2n) is 10.4. The molecule has 7 rings (SSSR count). The fourth-order valence-corrected chi connectivity index (χ4v) is 5.90. The van der Waals surface area contributed by atoms with Crippen molar-refractivity contribution in [2.75, 3.05) is 6.54 Å². The lowest BCUT2D eigenvalue weighted by molar-refractivity contribution is 0.0720. The van der Waals surface area contributed by atoms with Crippen molar-refractivity contribution in [2.45, 2.75) is 58.0 Å². The molecule has 0 N–H and O–H groups in total. The van der Waals surface area contributed by atoms with Gasteiger partial charge in [0.1, 0.15) is 5.76 Å². The maximum atomic E-state index is 13.9. The van der Waals surface area contributed by atoms with Crippen LogP contribution in [0, 0.1) is 5.92 Å². The van der Waals surface area contributed by atoms with Crippen molar-refractivity contribution in [2.24, 2.45) is 5.92 Å². The molecule has 1 aliphatic heterocycles. The van der Waals surface area contributed by atoms with Crippen molar-refractivity contribution in [3.63, 3.8) is 0 Å². The van der Waals surface area contributed by atoms with Crippen LogP contribution < -0.4 is 5.56 Å². The van der Waals surface area contributed by atoms with E-state index in [9.17, 15) is 9.59 Å². The minimum absolute atomic E-state index is 0.0646. The van der Waals surface area contributed by atoms with Crippen molar-refractivity contribution >= 4 is 16.7 Å².